The van der Waals surface area contributed by atoms with Gasteiger partial charge in [0.05, 0.1) is 7.05 Å². The molecule has 128 valence electrons. The molecule has 1 atom stereocenters. The molecule has 0 radical (unpaired) electrons. The Labute approximate surface area is 143 Å². The number of hydrogen-bond acceptors (Lipinski definition) is 2. The lowest BCUT2D eigenvalue weighted by Crippen LogP contribution is -3.11. The van der Waals surface area contributed by atoms with E-state index in [0.717, 1.165) is 4.90 Å². The summed E-state index contributed by atoms with van der Waals surface area (Å²) >= 11 is 5.81. The summed E-state index contributed by atoms with van der Waals surface area (Å²) in [6.45, 7) is 8.53. The molecule has 0 aliphatic rings. The molecule has 0 aliphatic carbocycles. The Bertz CT molecular complexity index is 521. The summed E-state index contributed by atoms with van der Waals surface area (Å²) in [6, 6.07) is 7.25. The molecule has 0 spiro atoms. The third-order valence-corrected chi connectivity index (χ3v) is 3.70. The van der Waals surface area contributed by atoms with Crippen LogP contribution in [0.5, 0.6) is 0 Å². The standard InChI is InChI=1S/C17H26ClN3O2/c1-12(2)21(13(3)4)17(23)11-20(5)10-16(22)19-15-8-6-14(18)7-9-15/h6-9,12-13H,10-11H2,1-5H3,(H,19,22)/p+1. The molecule has 1 unspecified atom stereocenters. The molecule has 0 bridgehead atoms. The molecule has 1 aromatic carbocycles. The van der Waals surface area contributed by atoms with Crippen LogP contribution in [-0.4, -0.2) is 48.9 Å². The highest BCUT2D eigenvalue weighted by Crippen LogP contribution is 2.12. The number of halogens is 1. The number of nitrogens with zero attached hydrogens (tertiary/aromatic N) is 1. The zero-order valence-corrected chi connectivity index (χ0v) is 15.3. The van der Waals surface area contributed by atoms with Crippen LogP contribution in [0.4, 0.5) is 5.69 Å². The Kier molecular flexibility index (Phi) is 7.52. The van der Waals surface area contributed by atoms with Crippen molar-refractivity contribution >= 4 is 29.1 Å². The number of hydrogen-bond donors (Lipinski definition) is 2. The van der Waals surface area contributed by atoms with Crippen molar-refractivity contribution in [3.05, 3.63) is 29.3 Å². The second-order valence-electron chi connectivity index (χ2n) is 6.35. The van der Waals surface area contributed by atoms with E-state index in [-0.39, 0.29) is 30.4 Å². The van der Waals surface area contributed by atoms with E-state index in [1.54, 1.807) is 24.3 Å². The van der Waals surface area contributed by atoms with E-state index in [2.05, 4.69) is 5.32 Å². The molecule has 0 aliphatic heterocycles. The van der Waals surface area contributed by atoms with Gasteiger partial charge in [-0.05, 0) is 52.0 Å². The average Bonchev–Trinajstić information content (AvgIpc) is 2.39. The van der Waals surface area contributed by atoms with Gasteiger partial charge in [0.15, 0.2) is 13.1 Å². The molecule has 1 aromatic rings. The minimum absolute atomic E-state index is 0.0618. The van der Waals surface area contributed by atoms with Gasteiger partial charge in [-0.25, -0.2) is 0 Å². The normalized spacial score (nSPS) is 12.3. The summed E-state index contributed by atoms with van der Waals surface area (Å²) < 4.78 is 0. The summed E-state index contributed by atoms with van der Waals surface area (Å²) in [5, 5.41) is 3.43. The average molecular weight is 341 g/mol. The van der Waals surface area contributed by atoms with Crippen LogP contribution in [0.3, 0.4) is 0 Å². The molecule has 2 N–H and O–H groups in total. The smallest absolute Gasteiger partial charge is 0.279 e. The van der Waals surface area contributed by atoms with Crippen molar-refractivity contribution in [2.45, 2.75) is 39.8 Å². The molecule has 0 saturated heterocycles. The summed E-state index contributed by atoms with van der Waals surface area (Å²) in [5.74, 6) is -0.0648. The summed E-state index contributed by atoms with van der Waals surface area (Å²) in [7, 11) is 1.85. The van der Waals surface area contributed by atoms with Gasteiger partial charge in [-0.1, -0.05) is 11.6 Å². The molecule has 1 rings (SSSR count). The van der Waals surface area contributed by atoms with Crippen molar-refractivity contribution in [2.75, 3.05) is 25.5 Å². The van der Waals surface area contributed by atoms with E-state index in [9.17, 15) is 9.59 Å². The van der Waals surface area contributed by atoms with E-state index in [0.29, 0.717) is 17.3 Å². The van der Waals surface area contributed by atoms with E-state index >= 15 is 0 Å². The van der Waals surface area contributed by atoms with Crippen molar-refractivity contribution in [3.8, 4) is 0 Å². The van der Waals surface area contributed by atoms with Crippen LogP contribution < -0.4 is 10.2 Å². The fourth-order valence-corrected chi connectivity index (χ4v) is 2.72. The summed E-state index contributed by atoms with van der Waals surface area (Å²) in [5.41, 5.74) is 0.699. The molecular weight excluding hydrogens is 314 g/mol. The number of anilines is 1. The Morgan fingerprint density at radius 2 is 1.61 bits per heavy atom. The fourth-order valence-electron chi connectivity index (χ4n) is 2.60. The SMILES string of the molecule is CC(C)N(C(=O)C[NH+](C)CC(=O)Nc1ccc(Cl)cc1)C(C)C. The van der Waals surface area contributed by atoms with E-state index in [4.69, 9.17) is 11.6 Å². The molecule has 0 heterocycles. The maximum atomic E-state index is 12.4. The lowest BCUT2D eigenvalue weighted by molar-refractivity contribution is -0.862. The Morgan fingerprint density at radius 3 is 2.09 bits per heavy atom. The molecule has 23 heavy (non-hydrogen) atoms. The minimum atomic E-state index is -0.127. The van der Waals surface area contributed by atoms with Gasteiger partial charge in [0.25, 0.3) is 11.8 Å². The second kappa shape index (κ2) is 8.89. The first kappa shape index (κ1) is 19.5. The van der Waals surface area contributed by atoms with Gasteiger partial charge >= 0.3 is 0 Å². The molecule has 6 heteroatoms. The van der Waals surface area contributed by atoms with Gasteiger partial charge in [-0.2, -0.15) is 0 Å². The van der Waals surface area contributed by atoms with Crippen LogP contribution in [0.25, 0.3) is 0 Å². The Balaban J connectivity index is 2.51. The van der Waals surface area contributed by atoms with Gasteiger partial charge in [0.1, 0.15) is 0 Å². The third-order valence-electron chi connectivity index (χ3n) is 3.44. The number of carbonyl (C=O) groups is 2. The van der Waals surface area contributed by atoms with Crippen LogP contribution in [0, 0.1) is 0 Å². The van der Waals surface area contributed by atoms with Gasteiger partial charge in [0.2, 0.25) is 0 Å². The zero-order valence-electron chi connectivity index (χ0n) is 14.5. The quantitative estimate of drug-likeness (QED) is 0.789. The monoisotopic (exact) mass is 340 g/mol. The van der Waals surface area contributed by atoms with Crippen LogP contribution in [0.15, 0.2) is 24.3 Å². The Morgan fingerprint density at radius 1 is 1.09 bits per heavy atom. The maximum absolute atomic E-state index is 12.4. The lowest BCUT2D eigenvalue weighted by atomic mass is 10.2. The third kappa shape index (κ3) is 6.59. The van der Waals surface area contributed by atoms with Gasteiger partial charge in [-0.15, -0.1) is 0 Å². The molecular formula is C17H27ClN3O2+. The van der Waals surface area contributed by atoms with Crippen LogP contribution in [-0.2, 0) is 9.59 Å². The predicted octanol–water partition coefficient (Wildman–Crippen LogP) is 1.44. The zero-order chi connectivity index (χ0) is 17.6. The predicted molar refractivity (Wildman–Crippen MR) is 93.8 cm³/mol. The van der Waals surface area contributed by atoms with Crippen LogP contribution in [0.1, 0.15) is 27.7 Å². The first-order valence-electron chi connectivity index (χ1n) is 7.88. The number of nitrogens with one attached hydrogen (secondary N) is 2. The van der Waals surface area contributed by atoms with Crippen molar-refractivity contribution < 1.29 is 14.5 Å². The number of carbonyl (C=O) groups excluding carboxylic acids is 2. The number of benzene rings is 1. The van der Waals surface area contributed by atoms with Gasteiger partial charge in [-0.3, -0.25) is 9.59 Å². The lowest BCUT2D eigenvalue weighted by Gasteiger charge is -2.31. The van der Waals surface area contributed by atoms with Crippen LogP contribution in [0.2, 0.25) is 5.02 Å². The molecule has 0 fully saturated rings. The van der Waals surface area contributed by atoms with Crippen molar-refractivity contribution in [3.63, 3.8) is 0 Å². The van der Waals surface area contributed by atoms with Gasteiger partial charge < -0.3 is 15.1 Å². The molecule has 0 saturated carbocycles. The van der Waals surface area contributed by atoms with E-state index in [1.807, 2.05) is 39.6 Å². The summed E-state index contributed by atoms with van der Waals surface area (Å²) in [4.78, 5) is 27.1. The molecule has 5 nitrogen and oxygen atoms in total. The highest BCUT2D eigenvalue weighted by Gasteiger charge is 2.23. The second-order valence-corrected chi connectivity index (χ2v) is 6.79. The number of quaternary nitrogens is 1. The Hall–Kier alpha value is -1.59. The first-order valence-corrected chi connectivity index (χ1v) is 8.26. The number of likely N-dealkylation sites (N-methyl/N-ethyl adjacent to an activating group) is 1. The topological polar surface area (TPSA) is 53.9 Å². The van der Waals surface area contributed by atoms with E-state index in [1.165, 1.54) is 0 Å². The van der Waals surface area contributed by atoms with Crippen molar-refractivity contribution in [1.29, 1.82) is 0 Å². The van der Waals surface area contributed by atoms with Crippen LogP contribution >= 0.6 is 11.6 Å². The van der Waals surface area contributed by atoms with Crippen molar-refractivity contribution in [1.82, 2.24) is 4.90 Å². The summed E-state index contributed by atoms with van der Waals surface area (Å²) in [6.07, 6.45) is 0. The largest absolute Gasteiger partial charge is 0.333 e. The maximum Gasteiger partial charge on any atom is 0.279 e. The number of amides is 2. The minimum Gasteiger partial charge on any atom is -0.333 e. The number of rotatable bonds is 7. The molecule has 2 amide bonds. The highest BCUT2D eigenvalue weighted by atomic mass is 35.5. The van der Waals surface area contributed by atoms with Gasteiger partial charge in [0, 0.05) is 22.8 Å². The molecule has 0 aromatic heterocycles. The first-order chi connectivity index (χ1) is 10.7. The van der Waals surface area contributed by atoms with Crippen molar-refractivity contribution in [2.24, 2.45) is 0 Å². The highest BCUT2D eigenvalue weighted by molar-refractivity contribution is 6.30. The fraction of sp³-hybridized carbons (Fsp3) is 0.529. The van der Waals surface area contributed by atoms with E-state index < -0.39 is 0 Å².